The Morgan fingerprint density at radius 2 is 1.92 bits per heavy atom. The molecule has 2 bridgehead atoms. The maximum absolute atomic E-state index is 13.0. The molecule has 2 atom stereocenters. The lowest BCUT2D eigenvalue weighted by Gasteiger charge is -2.45. The van der Waals surface area contributed by atoms with Gasteiger partial charge in [-0.25, -0.2) is 4.98 Å². The molecule has 1 aromatic rings. The van der Waals surface area contributed by atoms with E-state index in [2.05, 4.69) is 19.8 Å². The van der Waals surface area contributed by atoms with Crippen LogP contribution in [-0.2, 0) is 11.3 Å². The number of piperazine rings is 1. The molecule has 3 fully saturated rings. The first kappa shape index (κ1) is 16.1. The molecule has 1 aliphatic heterocycles. The first-order valence-electron chi connectivity index (χ1n) is 9.45. The van der Waals surface area contributed by atoms with Crippen molar-refractivity contribution in [3.8, 4) is 0 Å². The molecule has 1 saturated heterocycles. The molecule has 2 saturated carbocycles. The lowest BCUT2D eigenvalue weighted by atomic mass is 9.65. The number of nitrogens with zero attached hydrogens (tertiary/aromatic N) is 3. The van der Waals surface area contributed by atoms with Crippen molar-refractivity contribution in [2.75, 3.05) is 26.2 Å². The zero-order valence-corrected chi connectivity index (χ0v) is 14.4. The third kappa shape index (κ3) is 3.22. The van der Waals surface area contributed by atoms with Crippen LogP contribution in [0.4, 0.5) is 0 Å². The van der Waals surface area contributed by atoms with Gasteiger partial charge in [-0.15, -0.1) is 0 Å². The predicted octanol–water partition coefficient (Wildman–Crippen LogP) is 1.21. The van der Waals surface area contributed by atoms with E-state index < -0.39 is 0 Å². The monoisotopic (exact) mass is 331 g/mol. The van der Waals surface area contributed by atoms with E-state index in [9.17, 15) is 4.79 Å². The highest BCUT2D eigenvalue weighted by Crippen LogP contribution is 2.42. The molecule has 4 rings (SSSR count). The van der Waals surface area contributed by atoms with Crippen molar-refractivity contribution in [2.45, 2.75) is 44.7 Å². The number of aromatic nitrogens is 2. The van der Waals surface area contributed by atoms with Crippen LogP contribution >= 0.6 is 0 Å². The number of hydrogen-bond acceptors (Lipinski definition) is 4. The SMILES string of the molecule is NC1C2CCCC1CC(C(=O)N1CCN(Cc3ncc[nH]3)CC1)C2. The number of H-pyrrole nitrogens is 1. The highest BCUT2D eigenvalue weighted by atomic mass is 16.2. The number of aromatic amines is 1. The standard InChI is InChI=1S/C18H29N5O/c19-17-13-2-1-3-14(17)11-15(10-13)18(24)23-8-6-22(7-9-23)12-16-20-4-5-21-16/h4-5,13-15,17H,1-3,6-12,19H2,(H,20,21). The maximum Gasteiger partial charge on any atom is 0.225 e. The molecule has 0 aromatic carbocycles. The van der Waals surface area contributed by atoms with E-state index in [1.807, 2.05) is 6.20 Å². The van der Waals surface area contributed by atoms with Crippen LogP contribution in [0.15, 0.2) is 12.4 Å². The molecular weight excluding hydrogens is 302 g/mol. The van der Waals surface area contributed by atoms with Crippen molar-refractivity contribution in [2.24, 2.45) is 23.5 Å². The Balaban J connectivity index is 1.30. The minimum absolute atomic E-state index is 0.219. The van der Waals surface area contributed by atoms with Crippen LogP contribution in [0.2, 0.25) is 0 Å². The third-order valence-electron chi connectivity index (χ3n) is 6.37. The average molecular weight is 331 g/mol. The van der Waals surface area contributed by atoms with Crippen molar-refractivity contribution in [3.05, 3.63) is 18.2 Å². The van der Waals surface area contributed by atoms with Crippen LogP contribution in [-0.4, -0.2) is 57.9 Å². The van der Waals surface area contributed by atoms with Crippen molar-refractivity contribution < 1.29 is 4.79 Å². The van der Waals surface area contributed by atoms with Gasteiger partial charge in [0, 0.05) is 50.5 Å². The van der Waals surface area contributed by atoms with Crippen LogP contribution in [0, 0.1) is 17.8 Å². The lowest BCUT2D eigenvalue weighted by Crippen LogP contribution is -2.53. The Morgan fingerprint density at radius 1 is 1.21 bits per heavy atom. The predicted molar refractivity (Wildman–Crippen MR) is 92.0 cm³/mol. The molecule has 1 amide bonds. The summed E-state index contributed by atoms with van der Waals surface area (Å²) in [6.45, 7) is 4.41. The number of nitrogens with one attached hydrogen (secondary N) is 1. The number of rotatable bonds is 3. The Kier molecular flexibility index (Phi) is 4.59. The summed E-state index contributed by atoms with van der Waals surface area (Å²) in [5.74, 6) is 2.76. The first-order chi connectivity index (χ1) is 11.7. The highest BCUT2D eigenvalue weighted by Gasteiger charge is 2.41. The fourth-order valence-electron chi connectivity index (χ4n) is 4.97. The molecule has 24 heavy (non-hydrogen) atoms. The van der Waals surface area contributed by atoms with Crippen LogP contribution in [0.1, 0.15) is 37.9 Å². The number of carbonyl (C=O) groups is 1. The summed E-state index contributed by atoms with van der Waals surface area (Å²) >= 11 is 0. The summed E-state index contributed by atoms with van der Waals surface area (Å²) in [4.78, 5) is 24.9. The molecule has 6 heteroatoms. The van der Waals surface area contributed by atoms with Crippen molar-refractivity contribution in [3.63, 3.8) is 0 Å². The molecule has 2 heterocycles. The average Bonchev–Trinajstić information content (AvgIpc) is 3.08. The topological polar surface area (TPSA) is 78.2 Å². The summed E-state index contributed by atoms with van der Waals surface area (Å²) in [6, 6.07) is 0.341. The highest BCUT2D eigenvalue weighted by molar-refractivity contribution is 5.79. The van der Waals surface area contributed by atoms with E-state index in [4.69, 9.17) is 5.73 Å². The summed E-state index contributed by atoms with van der Waals surface area (Å²) in [5, 5.41) is 0. The molecule has 0 spiro atoms. The van der Waals surface area contributed by atoms with Crippen LogP contribution in [0.25, 0.3) is 0 Å². The third-order valence-corrected chi connectivity index (χ3v) is 6.37. The maximum atomic E-state index is 13.0. The quantitative estimate of drug-likeness (QED) is 0.873. The number of amides is 1. The number of hydrogen-bond donors (Lipinski definition) is 2. The van der Waals surface area contributed by atoms with Gasteiger partial charge >= 0.3 is 0 Å². The molecule has 2 unspecified atom stereocenters. The Morgan fingerprint density at radius 3 is 2.54 bits per heavy atom. The van der Waals surface area contributed by atoms with Gasteiger partial charge in [0.15, 0.2) is 0 Å². The summed E-state index contributed by atoms with van der Waals surface area (Å²) in [6.07, 6.45) is 9.43. The number of carbonyl (C=O) groups excluding carboxylic acids is 1. The molecule has 3 aliphatic rings. The molecule has 1 aromatic heterocycles. The fraction of sp³-hybridized carbons (Fsp3) is 0.778. The Labute approximate surface area is 143 Å². The van der Waals surface area contributed by atoms with Crippen molar-refractivity contribution >= 4 is 5.91 Å². The molecule has 3 N–H and O–H groups in total. The Hall–Kier alpha value is -1.40. The minimum Gasteiger partial charge on any atom is -0.348 e. The molecule has 6 nitrogen and oxygen atoms in total. The van der Waals surface area contributed by atoms with Gasteiger partial charge in [0.25, 0.3) is 0 Å². The second kappa shape index (κ2) is 6.84. The summed E-state index contributed by atoms with van der Waals surface area (Å²) in [7, 11) is 0. The zero-order valence-electron chi connectivity index (χ0n) is 14.4. The number of fused-ring (bicyclic) bond motifs is 2. The fourth-order valence-corrected chi connectivity index (χ4v) is 4.97. The Bertz CT molecular complexity index is 538. The number of nitrogens with two attached hydrogens (primary N) is 1. The van der Waals surface area contributed by atoms with Gasteiger partial charge in [0.2, 0.25) is 5.91 Å². The molecule has 132 valence electrons. The van der Waals surface area contributed by atoms with Gasteiger partial charge in [-0.1, -0.05) is 6.42 Å². The van der Waals surface area contributed by atoms with Crippen LogP contribution < -0.4 is 5.73 Å². The summed E-state index contributed by atoms with van der Waals surface area (Å²) < 4.78 is 0. The summed E-state index contributed by atoms with van der Waals surface area (Å²) in [5.41, 5.74) is 6.37. The van der Waals surface area contributed by atoms with Crippen molar-refractivity contribution in [1.29, 1.82) is 0 Å². The second-order valence-electron chi connectivity index (χ2n) is 7.83. The van der Waals surface area contributed by atoms with Crippen molar-refractivity contribution in [1.82, 2.24) is 19.8 Å². The molecule has 0 radical (unpaired) electrons. The normalized spacial score (nSPS) is 34.3. The largest absolute Gasteiger partial charge is 0.348 e. The zero-order chi connectivity index (χ0) is 16.5. The minimum atomic E-state index is 0.219. The van der Waals surface area contributed by atoms with Gasteiger partial charge < -0.3 is 15.6 Å². The second-order valence-corrected chi connectivity index (χ2v) is 7.83. The number of imidazole rings is 1. The van der Waals surface area contributed by atoms with Crippen LogP contribution in [0.3, 0.4) is 0 Å². The van der Waals surface area contributed by atoms with Gasteiger partial charge in [-0.05, 0) is 37.5 Å². The first-order valence-corrected chi connectivity index (χ1v) is 9.45. The van der Waals surface area contributed by atoms with Gasteiger partial charge in [-0.2, -0.15) is 0 Å². The van der Waals surface area contributed by atoms with E-state index in [-0.39, 0.29) is 5.92 Å². The van der Waals surface area contributed by atoms with E-state index in [0.29, 0.717) is 23.8 Å². The van der Waals surface area contributed by atoms with E-state index in [0.717, 1.165) is 51.4 Å². The van der Waals surface area contributed by atoms with E-state index >= 15 is 0 Å². The van der Waals surface area contributed by atoms with E-state index in [1.54, 1.807) is 6.20 Å². The van der Waals surface area contributed by atoms with Crippen LogP contribution in [0.5, 0.6) is 0 Å². The molecule has 2 aliphatic carbocycles. The van der Waals surface area contributed by atoms with Gasteiger partial charge in [0.1, 0.15) is 5.82 Å². The lowest BCUT2D eigenvalue weighted by molar-refractivity contribution is -0.140. The van der Waals surface area contributed by atoms with Gasteiger partial charge in [-0.3, -0.25) is 9.69 Å². The molecular formula is C18H29N5O. The van der Waals surface area contributed by atoms with E-state index in [1.165, 1.54) is 19.3 Å². The smallest absolute Gasteiger partial charge is 0.225 e. The van der Waals surface area contributed by atoms with Gasteiger partial charge in [0.05, 0.1) is 6.54 Å².